The summed E-state index contributed by atoms with van der Waals surface area (Å²) in [5, 5.41) is 0. The van der Waals surface area contributed by atoms with Crippen LogP contribution in [0.15, 0.2) is 11.8 Å². The number of rotatable bonds is 3. The fourth-order valence-electron chi connectivity index (χ4n) is 2.50. The summed E-state index contributed by atoms with van der Waals surface area (Å²) in [6.07, 6.45) is 11.3. The van der Waals surface area contributed by atoms with Crippen molar-refractivity contribution in [2.75, 3.05) is 0 Å². The van der Waals surface area contributed by atoms with Gasteiger partial charge in [-0.1, -0.05) is 46.5 Å². The summed E-state index contributed by atoms with van der Waals surface area (Å²) >= 11 is 0. The molecule has 0 aromatic heterocycles. The molecule has 1 rings (SSSR count). The monoisotopic (exact) mass is 284 g/mol. The summed E-state index contributed by atoms with van der Waals surface area (Å²) in [6, 6.07) is 0. The van der Waals surface area contributed by atoms with Gasteiger partial charge >= 0.3 is 0 Å². The molecular weight excluding hydrogens is 252 g/mol. The Hall–Kier alpha value is -0.283. The van der Waals surface area contributed by atoms with Crippen molar-refractivity contribution in [3.05, 3.63) is 11.8 Å². The first-order chi connectivity index (χ1) is 8.89. The first kappa shape index (κ1) is 16.8. The van der Waals surface area contributed by atoms with Crippen molar-refractivity contribution < 1.29 is 9.46 Å². The SMILES string of the molecule is C[SiH](C)OO/C1=C/C(C(C)(C)C)CCCCCCC1. The molecule has 1 aliphatic rings. The molecule has 1 atom stereocenters. The fraction of sp³-hybridized carbons (Fsp3) is 0.875. The molecule has 1 unspecified atom stereocenters. The summed E-state index contributed by atoms with van der Waals surface area (Å²) in [4.78, 5) is 5.62. The van der Waals surface area contributed by atoms with Gasteiger partial charge in [-0.15, -0.1) is 0 Å². The van der Waals surface area contributed by atoms with Crippen molar-refractivity contribution in [2.45, 2.75) is 78.8 Å². The lowest BCUT2D eigenvalue weighted by Crippen LogP contribution is -2.20. The Morgan fingerprint density at radius 2 is 1.68 bits per heavy atom. The zero-order valence-corrected chi connectivity index (χ0v) is 14.7. The fourth-order valence-corrected chi connectivity index (χ4v) is 2.81. The van der Waals surface area contributed by atoms with Crippen LogP contribution in [-0.4, -0.2) is 9.04 Å². The Morgan fingerprint density at radius 3 is 2.32 bits per heavy atom. The minimum absolute atomic E-state index is 0.309. The van der Waals surface area contributed by atoms with Gasteiger partial charge in [0.1, 0.15) is 5.76 Å². The van der Waals surface area contributed by atoms with Crippen molar-refractivity contribution in [1.82, 2.24) is 0 Å². The molecule has 0 fully saturated rings. The highest BCUT2D eigenvalue weighted by atomic mass is 28.3. The first-order valence-electron chi connectivity index (χ1n) is 7.93. The third-order valence-electron chi connectivity index (χ3n) is 3.79. The van der Waals surface area contributed by atoms with Crippen molar-refractivity contribution >= 4 is 9.04 Å². The molecule has 0 aromatic carbocycles. The molecule has 0 heterocycles. The molecule has 0 spiro atoms. The second-order valence-electron chi connectivity index (χ2n) is 7.14. The van der Waals surface area contributed by atoms with Crippen LogP contribution in [0, 0.1) is 11.3 Å². The van der Waals surface area contributed by atoms with Crippen LogP contribution in [0.1, 0.15) is 65.7 Å². The van der Waals surface area contributed by atoms with E-state index in [-0.39, 0.29) is 0 Å². The van der Waals surface area contributed by atoms with Gasteiger partial charge in [0.05, 0.1) is 0 Å². The van der Waals surface area contributed by atoms with Crippen LogP contribution in [0.2, 0.25) is 13.1 Å². The zero-order chi connectivity index (χ0) is 14.3. The van der Waals surface area contributed by atoms with E-state index in [1.54, 1.807) is 0 Å². The number of hydrogen-bond acceptors (Lipinski definition) is 2. The van der Waals surface area contributed by atoms with E-state index in [9.17, 15) is 0 Å². The Labute approximate surface area is 121 Å². The second kappa shape index (κ2) is 8.10. The van der Waals surface area contributed by atoms with E-state index in [1.165, 1.54) is 38.5 Å². The van der Waals surface area contributed by atoms with Crippen molar-refractivity contribution in [3.63, 3.8) is 0 Å². The molecule has 0 amide bonds. The highest BCUT2D eigenvalue weighted by molar-refractivity contribution is 6.48. The number of allylic oxidation sites excluding steroid dienone is 2. The van der Waals surface area contributed by atoms with Gasteiger partial charge in [0.2, 0.25) is 9.04 Å². The first-order valence-corrected chi connectivity index (χ1v) is 10.7. The molecule has 2 nitrogen and oxygen atoms in total. The van der Waals surface area contributed by atoms with Gasteiger partial charge in [0, 0.05) is 6.42 Å². The van der Waals surface area contributed by atoms with Crippen molar-refractivity contribution in [3.8, 4) is 0 Å². The summed E-state index contributed by atoms with van der Waals surface area (Å²) < 4.78 is 5.48. The van der Waals surface area contributed by atoms with Crippen molar-refractivity contribution in [2.24, 2.45) is 11.3 Å². The van der Waals surface area contributed by atoms with Gasteiger partial charge in [-0.2, -0.15) is 0 Å². The molecule has 0 radical (unpaired) electrons. The Kier molecular flexibility index (Phi) is 7.15. The Balaban J connectivity index is 2.74. The van der Waals surface area contributed by atoms with E-state index in [1.807, 2.05) is 0 Å². The highest BCUT2D eigenvalue weighted by Gasteiger charge is 2.24. The van der Waals surface area contributed by atoms with E-state index in [2.05, 4.69) is 39.9 Å². The molecule has 112 valence electrons. The van der Waals surface area contributed by atoms with E-state index in [0.717, 1.165) is 12.2 Å². The van der Waals surface area contributed by atoms with Gasteiger partial charge < -0.3 is 4.89 Å². The molecular formula is C16H32O2Si. The molecule has 0 bridgehead atoms. The van der Waals surface area contributed by atoms with Gasteiger partial charge in [-0.3, -0.25) is 0 Å². The summed E-state index contributed by atoms with van der Waals surface area (Å²) in [5.74, 6) is 1.67. The van der Waals surface area contributed by atoms with Crippen LogP contribution in [-0.2, 0) is 9.46 Å². The van der Waals surface area contributed by atoms with Gasteiger partial charge in [-0.25, -0.2) is 4.58 Å². The average Bonchev–Trinajstić information content (AvgIpc) is 2.32. The predicted octanol–water partition coefficient (Wildman–Crippen LogP) is 5.21. The topological polar surface area (TPSA) is 18.5 Å². The lowest BCUT2D eigenvalue weighted by Gasteiger charge is -2.29. The standard InChI is InChI=1S/C16H32O2Si/c1-16(2,3)14-11-9-7-6-8-10-12-15(13-14)17-18-19(4)5/h13-14,19H,6-12H2,1-5H3/b15-13+. The Bertz CT molecular complexity index is 279. The van der Waals surface area contributed by atoms with Crippen LogP contribution < -0.4 is 0 Å². The Morgan fingerprint density at radius 1 is 1.05 bits per heavy atom. The molecule has 0 aliphatic heterocycles. The van der Waals surface area contributed by atoms with Crippen LogP contribution in [0.5, 0.6) is 0 Å². The van der Waals surface area contributed by atoms with Gasteiger partial charge in [0.25, 0.3) is 0 Å². The molecule has 1 aliphatic carbocycles. The van der Waals surface area contributed by atoms with Crippen LogP contribution >= 0.6 is 0 Å². The largest absolute Gasteiger partial charge is 0.355 e. The van der Waals surface area contributed by atoms with E-state index >= 15 is 0 Å². The minimum atomic E-state index is -1.11. The smallest absolute Gasteiger partial charge is 0.233 e. The van der Waals surface area contributed by atoms with E-state index < -0.39 is 9.04 Å². The lowest BCUT2D eigenvalue weighted by atomic mass is 9.77. The predicted molar refractivity (Wildman–Crippen MR) is 84.4 cm³/mol. The molecule has 0 N–H and O–H groups in total. The van der Waals surface area contributed by atoms with Gasteiger partial charge in [-0.05, 0) is 43.3 Å². The normalized spacial score (nSPS) is 25.8. The third kappa shape index (κ3) is 7.16. The molecule has 3 heteroatoms. The minimum Gasteiger partial charge on any atom is -0.355 e. The van der Waals surface area contributed by atoms with Gasteiger partial charge in [0.15, 0.2) is 0 Å². The van der Waals surface area contributed by atoms with Crippen molar-refractivity contribution in [1.29, 1.82) is 0 Å². The maximum Gasteiger partial charge on any atom is 0.233 e. The molecule has 0 aromatic rings. The average molecular weight is 285 g/mol. The van der Waals surface area contributed by atoms with Crippen LogP contribution in [0.3, 0.4) is 0 Å². The van der Waals surface area contributed by atoms with E-state index in [4.69, 9.17) is 9.46 Å². The molecule has 0 saturated heterocycles. The molecule has 19 heavy (non-hydrogen) atoms. The highest BCUT2D eigenvalue weighted by Crippen LogP contribution is 2.34. The maximum absolute atomic E-state index is 5.62. The van der Waals surface area contributed by atoms with E-state index in [0.29, 0.717) is 11.3 Å². The second-order valence-corrected chi connectivity index (χ2v) is 9.43. The maximum atomic E-state index is 5.62. The van der Waals surface area contributed by atoms with Crippen LogP contribution in [0.4, 0.5) is 0 Å². The van der Waals surface area contributed by atoms with Crippen LogP contribution in [0.25, 0.3) is 0 Å². The molecule has 0 saturated carbocycles. The summed E-state index contributed by atoms with van der Waals surface area (Å²) in [5.41, 5.74) is 0.309. The zero-order valence-electron chi connectivity index (χ0n) is 13.5. The summed E-state index contributed by atoms with van der Waals surface area (Å²) in [6.45, 7) is 11.3. The number of hydrogen-bond donors (Lipinski definition) is 0. The summed E-state index contributed by atoms with van der Waals surface area (Å²) in [7, 11) is -1.11. The quantitative estimate of drug-likeness (QED) is 0.402. The lowest BCUT2D eigenvalue weighted by molar-refractivity contribution is -0.175. The third-order valence-corrected chi connectivity index (χ3v) is 4.27.